The first-order chi connectivity index (χ1) is 9.83. The Morgan fingerprint density at radius 3 is 2.62 bits per heavy atom. The van der Waals surface area contributed by atoms with Gasteiger partial charge < -0.3 is 9.52 Å². The first-order valence-electron chi connectivity index (χ1n) is 5.39. The molecule has 2 N–H and O–H groups in total. The van der Waals surface area contributed by atoms with Gasteiger partial charge in [-0.2, -0.15) is 13.7 Å². The SMILES string of the molecule is N#Cc1cc(Br)ccc1NS(=O)(=O)c1ccc(C(=O)O)o1. The van der Waals surface area contributed by atoms with Crippen LogP contribution in [0.3, 0.4) is 0 Å². The maximum absolute atomic E-state index is 12.1. The molecule has 0 saturated heterocycles. The Morgan fingerprint density at radius 1 is 1.33 bits per heavy atom. The third-order valence-electron chi connectivity index (χ3n) is 2.40. The van der Waals surface area contributed by atoms with Gasteiger partial charge in [0.05, 0.1) is 11.3 Å². The summed E-state index contributed by atoms with van der Waals surface area (Å²) >= 11 is 3.17. The van der Waals surface area contributed by atoms with Crippen LogP contribution in [0, 0.1) is 11.3 Å². The van der Waals surface area contributed by atoms with E-state index in [4.69, 9.17) is 14.8 Å². The molecule has 1 heterocycles. The highest BCUT2D eigenvalue weighted by Crippen LogP contribution is 2.24. The van der Waals surface area contributed by atoms with Gasteiger partial charge in [-0.25, -0.2) is 4.79 Å². The number of hydrogen-bond donors (Lipinski definition) is 2. The molecule has 9 heteroatoms. The fourth-order valence-electron chi connectivity index (χ4n) is 1.47. The number of sulfonamides is 1. The third-order valence-corrected chi connectivity index (χ3v) is 4.13. The molecule has 0 atom stereocenters. The minimum Gasteiger partial charge on any atom is -0.475 e. The van der Waals surface area contributed by atoms with Crippen molar-refractivity contribution in [3.63, 3.8) is 0 Å². The number of anilines is 1. The van der Waals surface area contributed by atoms with Crippen LogP contribution < -0.4 is 4.72 Å². The topological polar surface area (TPSA) is 120 Å². The molecular formula is C12H7BrN2O5S. The van der Waals surface area contributed by atoms with Crippen molar-refractivity contribution in [3.8, 4) is 6.07 Å². The van der Waals surface area contributed by atoms with Gasteiger partial charge in [-0.15, -0.1) is 0 Å². The number of benzene rings is 1. The number of nitrogens with zero attached hydrogens (tertiary/aromatic N) is 1. The van der Waals surface area contributed by atoms with E-state index in [1.54, 1.807) is 6.07 Å². The molecule has 1 aromatic heterocycles. The second-order valence-corrected chi connectivity index (χ2v) is 6.36. The molecule has 0 unspecified atom stereocenters. The Bertz CT molecular complexity index is 851. The lowest BCUT2D eigenvalue weighted by Gasteiger charge is -2.07. The van der Waals surface area contributed by atoms with Crippen LogP contribution in [0.15, 0.2) is 44.3 Å². The Morgan fingerprint density at radius 2 is 2.05 bits per heavy atom. The van der Waals surface area contributed by atoms with Gasteiger partial charge in [0.15, 0.2) is 0 Å². The van der Waals surface area contributed by atoms with Crippen LogP contribution >= 0.6 is 15.9 Å². The van der Waals surface area contributed by atoms with Crippen molar-refractivity contribution >= 4 is 37.6 Å². The lowest BCUT2D eigenvalue weighted by Crippen LogP contribution is -2.13. The van der Waals surface area contributed by atoms with Crippen LogP contribution in [0.25, 0.3) is 0 Å². The second-order valence-electron chi connectivity index (χ2n) is 3.83. The van der Waals surface area contributed by atoms with Gasteiger partial charge in [0.1, 0.15) is 6.07 Å². The molecule has 0 amide bonds. The number of furan rings is 1. The molecule has 2 rings (SSSR count). The quantitative estimate of drug-likeness (QED) is 0.852. The van der Waals surface area contributed by atoms with E-state index in [1.807, 2.05) is 6.07 Å². The van der Waals surface area contributed by atoms with E-state index in [1.165, 1.54) is 12.1 Å². The van der Waals surface area contributed by atoms with Crippen molar-refractivity contribution in [1.82, 2.24) is 0 Å². The average Bonchev–Trinajstić information content (AvgIpc) is 2.91. The first-order valence-corrected chi connectivity index (χ1v) is 7.67. The summed E-state index contributed by atoms with van der Waals surface area (Å²) in [6, 6.07) is 8.32. The van der Waals surface area contributed by atoms with Crippen molar-refractivity contribution in [3.05, 3.63) is 46.1 Å². The summed E-state index contributed by atoms with van der Waals surface area (Å²) in [7, 11) is -4.12. The molecule has 2 aromatic rings. The fraction of sp³-hybridized carbons (Fsp3) is 0. The zero-order valence-corrected chi connectivity index (χ0v) is 12.6. The molecule has 7 nitrogen and oxygen atoms in total. The highest BCUT2D eigenvalue weighted by Gasteiger charge is 2.22. The summed E-state index contributed by atoms with van der Waals surface area (Å²) in [6.07, 6.45) is 0. The maximum Gasteiger partial charge on any atom is 0.371 e. The number of carboxylic acid groups (broad SMARTS) is 1. The van der Waals surface area contributed by atoms with Crippen LogP contribution in [0.5, 0.6) is 0 Å². The molecule has 0 spiro atoms. The number of nitriles is 1. The molecular weight excluding hydrogens is 364 g/mol. The predicted octanol–water partition coefficient (Wildman–Crippen LogP) is 2.41. The summed E-state index contributed by atoms with van der Waals surface area (Å²) in [4.78, 5) is 10.7. The zero-order valence-electron chi connectivity index (χ0n) is 10.2. The molecule has 0 aliphatic heterocycles. The molecule has 21 heavy (non-hydrogen) atoms. The van der Waals surface area contributed by atoms with Crippen LogP contribution in [-0.4, -0.2) is 19.5 Å². The van der Waals surface area contributed by atoms with Crippen molar-refractivity contribution < 1.29 is 22.7 Å². The van der Waals surface area contributed by atoms with Crippen LogP contribution in [-0.2, 0) is 10.0 Å². The number of carboxylic acids is 1. The molecule has 0 aliphatic carbocycles. The van der Waals surface area contributed by atoms with Crippen LogP contribution in [0.4, 0.5) is 5.69 Å². The van der Waals surface area contributed by atoms with E-state index in [2.05, 4.69) is 20.7 Å². The van der Waals surface area contributed by atoms with E-state index < -0.39 is 26.8 Å². The number of aromatic carboxylic acids is 1. The summed E-state index contributed by atoms with van der Waals surface area (Å²) < 4.78 is 31.7. The first kappa shape index (κ1) is 15.1. The number of carbonyl (C=O) groups is 1. The van der Waals surface area contributed by atoms with E-state index in [9.17, 15) is 13.2 Å². The number of halogens is 1. The van der Waals surface area contributed by atoms with Gasteiger partial charge in [-0.05, 0) is 30.3 Å². The highest BCUT2D eigenvalue weighted by atomic mass is 79.9. The summed E-state index contributed by atoms with van der Waals surface area (Å²) in [5.74, 6) is -1.87. The minimum absolute atomic E-state index is 0.0639. The normalized spacial score (nSPS) is 10.9. The summed E-state index contributed by atoms with van der Waals surface area (Å²) in [5.41, 5.74) is 0.173. The monoisotopic (exact) mass is 370 g/mol. The van der Waals surface area contributed by atoms with Crippen molar-refractivity contribution in [2.45, 2.75) is 5.09 Å². The fourth-order valence-corrected chi connectivity index (χ4v) is 2.85. The van der Waals surface area contributed by atoms with Crippen LogP contribution in [0.2, 0.25) is 0 Å². The van der Waals surface area contributed by atoms with Crippen molar-refractivity contribution in [2.75, 3.05) is 4.72 Å². The van der Waals surface area contributed by atoms with E-state index in [0.29, 0.717) is 4.47 Å². The molecule has 0 aliphatic rings. The smallest absolute Gasteiger partial charge is 0.371 e. The molecule has 1 aromatic carbocycles. The van der Waals surface area contributed by atoms with Gasteiger partial charge in [0.25, 0.3) is 10.0 Å². The Kier molecular flexibility index (Phi) is 4.02. The van der Waals surface area contributed by atoms with Crippen LogP contribution in [0.1, 0.15) is 16.1 Å². The highest BCUT2D eigenvalue weighted by molar-refractivity contribution is 9.10. The standard InChI is InChI=1S/C12H7BrN2O5S/c13-8-1-2-9(7(5-8)6-14)15-21(18,19)11-4-3-10(20-11)12(16)17/h1-5,15H,(H,16,17). The van der Waals surface area contributed by atoms with E-state index in [-0.39, 0.29) is 11.3 Å². The predicted molar refractivity (Wildman–Crippen MR) is 75.3 cm³/mol. The Labute approximate surface area is 128 Å². The second kappa shape index (κ2) is 5.59. The van der Waals surface area contributed by atoms with E-state index in [0.717, 1.165) is 12.1 Å². The molecule has 0 fully saturated rings. The van der Waals surface area contributed by atoms with Gasteiger partial charge in [-0.1, -0.05) is 15.9 Å². The summed E-state index contributed by atoms with van der Waals surface area (Å²) in [6.45, 7) is 0. The Balaban J connectivity index is 2.37. The average molecular weight is 371 g/mol. The van der Waals surface area contributed by atoms with Gasteiger partial charge in [0.2, 0.25) is 10.9 Å². The van der Waals surface area contributed by atoms with Gasteiger partial charge >= 0.3 is 5.97 Å². The molecule has 0 saturated carbocycles. The minimum atomic E-state index is -4.12. The molecule has 0 radical (unpaired) electrons. The number of nitrogens with one attached hydrogen (secondary N) is 1. The maximum atomic E-state index is 12.1. The van der Waals surface area contributed by atoms with Crippen molar-refractivity contribution in [2.24, 2.45) is 0 Å². The number of hydrogen-bond acceptors (Lipinski definition) is 5. The van der Waals surface area contributed by atoms with Crippen molar-refractivity contribution in [1.29, 1.82) is 5.26 Å². The lowest BCUT2D eigenvalue weighted by molar-refractivity contribution is 0.0656. The molecule has 0 bridgehead atoms. The van der Waals surface area contributed by atoms with Gasteiger partial charge in [-0.3, -0.25) is 4.72 Å². The zero-order chi connectivity index (χ0) is 15.6. The third kappa shape index (κ3) is 3.24. The lowest BCUT2D eigenvalue weighted by atomic mass is 10.2. The number of rotatable bonds is 4. The Hall–Kier alpha value is -2.31. The molecule has 108 valence electrons. The summed E-state index contributed by atoms with van der Waals surface area (Å²) in [5, 5.41) is 17.1. The largest absolute Gasteiger partial charge is 0.475 e. The van der Waals surface area contributed by atoms with Gasteiger partial charge in [0, 0.05) is 4.47 Å². The van der Waals surface area contributed by atoms with E-state index >= 15 is 0 Å².